The lowest BCUT2D eigenvalue weighted by Gasteiger charge is -2.34. The predicted octanol–water partition coefficient (Wildman–Crippen LogP) is 0.518. The minimum atomic E-state index is -1.34. The van der Waals surface area contributed by atoms with Gasteiger partial charge in [0, 0.05) is 12.8 Å². The number of esters is 1. The van der Waals surface area contributed by atoms with E-state index in [0.29, 0.717) is 6.42 Å². The smallest absolute Gasteiger partial charge is 0.314 e. The van der Waals surface area contributed by atoms with Gasteiger partial charge in [0.25, 0.3) is 0 Å². The van der Waals surface area contributed by atoms with Crippen LogP contribution in [-0.2, 0) is 9.53 Å². The Labute approximate surface area is 131 Å². The maximum Gasteiger partial charge on any atom is 0.314 e. The summed E-state index contributed by atoms with van der Waals surface area (Å²) in [4.78, 5) is 12.3. The van der Waals surface area contributed by atoms with Crippen molar-refractivity contribution in [1.82, 2.24) is 0 Å². The third-order valence-corrected chi connectivity index (χ3v) is 4.05. The summed E-state index contributed by atoms with van der Waals surface area (Å²) in [6.07, 6.45) is -0.350. The Hall–Kier alpha value is -0.950. The largest absolute Gasteiger partial charge is 0.462 e. The monoisotopic (exact) mass is 316 g/mol. The molecule has 0 aliphatic carbocycles. The number of aliphatic hydroxyl groups is 4. The van der Waals surface area contributed by atoms with Gasteiger partial charge in [-0.1, -0.05) is 25.5 Å². The SMILES string of the molecule is CCC[C@H](O)C[C@@H]1C[C@H](O)/C=C/[C@H](O)[C@H](O)C(C)(C)C(=O)O1. The topological polar surface area (TPSA) is 107 Å². The zero-order valence-corrected chi connectivity index (χ0v) is 13.5. The molecule has 6 heteroatoms. The van der Waals surface area contributed by atoms with E-state index in [1.807, 2.05) is 6.92 Å². The number of carbonyl (C=O) groups is 1. The summed E-state index contributed by atoms with van der Waals surface area (Å²) in [5.74, 6) is -0.657. The molecule has 1 rings (SSSR count). The summed E-state index contributed by atoms with van der Waals surface area (Å²) < 4.78 is 5.38. The zero-order valence-electron chi connectivity index (χ0n) is 13.5. The molecule has 0 saturated carbocycles. The van der Waals surface area contributed by atoms with Crippen molar-refractivity contribution >= 4 is 5.97 Å². The van der Waals surface area contributed by atoms with Crippen molar-refractivity contribution < 1.29 is 30.0 Å². The average molecular weight is 316 g/mol. The maximum absolute atomic E-state index is 12.3. The highest BCUT2D eigenvalue weighted by atomic mass is 16.5. The van der Waals surface area contributed by atoms with E-state index < -0.39 is 41.9 Å². The highest BCUT2D eigenvalue weighted by Crippen LogP contribution is 2.29. The van der Waals surface area contributed by atoms with Gasteiger partial charge in [-0.05, 0) is 20.3 Å². The van der Waals surface area contributed by atoms with Gasteiger partial charge in [0.2, 0.25) is 0 Å². The minimum absolute atomic E-state index is 0.141. The Kier molecular flexibility index (Phi) is 6.99. The number of hydrogen-bond donors (Lipinski definition) is 4. The van der Waals surface area contributed by atoms with E-state index in [1.54, 1.807) is 0 Å². The Morgan fingerprint density at radius 1 is 1.32 bits per heavy atom. The fraction of sp³-hybridized carbons (Fsp3) is 0.812. The van der Waals surface area contributed by atoms with Gasteiger partial charge in [-0.2, -0.15) is 0 Å². The number of carbonyl (C=O) groups excluding carboxylic acids is 1. The molecule has 4 N–H and O–H groups in total. The van der Waals surface area contributed by atoms with E-state index in [4.69, 9.17) is 4.74 Å². The molecule has 1 aliphatic heterocycles. The van der Waals surface area contributed by atoms with Crippen LogP contribution < -0.4 is 0 Å². The maximum atomic E-state index is 12.3. The van der Waals surface area contributed by atoms with E-state index >= 15 is 0 Å². The summed E-state index contributed by atoms with van der Waals surface area (Å²) >= 11 is 0. The Morgan fingerprint density at radius 3 is 2.55 bits per heavy atom. The standard InChI is InChI=1S/C16H28O6/c1-4-5-10(17)8-12-9-11(18)6-7-13(19)14(20)16(2,3)15(21)22-12/h6-7,10-14,17-20H,4-5,8-9H2,1-3H3/b7-6+/t10-,11+,12+,13-,14-/m0/s1. The second-order valence-corrected chi connectivity index (χ2v) is 6.55. The van der Waals surface area contributed by atoms with Crippen molar-refractivity contribution in [3.8, 4) is 0 Å². The number of rotatable bonds is 4. The Bertz CT molecular complexity index is 392. The quantitative estimate of drug-likeness (QED) is 0.445. The number of hydrogen-bond acceptors (Lipinski definition) is 6. The lowest BCUT2D eigenvalue weighted by Crippen LogP contribution is -2.47. The molecule has 0 amide bonds. The third-order valence-electron chi connectivity index (χ3n) is 4.05. The van der Waals surface area contributed by atoms with Crippen LogP contribution in [0.1, 0.15) is 46.5 Å². The van der Waals surface area contributed by atoms with Crippen LogP contribution in [0.25, 0.3) is 0 Å². The first-order valence-corrected chi connectivity index (χ1v) is 7.80. The van der Waals surface area contributed by atoms with Gasteiger partial charge in [-0.15, -0.1) is 0 Å². The molecule has 0 spiro atoms. The molecule has 5 atom stereocenters. The first-order valence-electron chi connectivity index (χ1n) is 7.80. The molecular weight excluding hydrogens is 288 g/mol. The third kappa shape index (κ3) is 5.05. The molecule has 0 aromatic carbocycles. The highest BCUT2D eigenvalue weighted by molar-refractivity contribution is 5.77. The van der Waals surface area contributed by atoms with Gasteiger partial charge in [0.05, 0.1) is 29.8 Å². The van der Waals surface area contributed by atoms with E-state index in [0.717, 1.165) is 6.42 Å². The first kappa shape index (κ1) is 19.1. The minimum Gasteiger partial charge on any atom is -0.462 e. The summed E-state index contributed by atoms with van der Waals surface area (Å²) in [6, 6.07) is 0. The second-order valence-electron chi connectivity index (χ2n) is 6.55. The molecular formula is C16H28O6. The number of aliphatic hydroxyl groups excluding tert-OH is 4. The zero-order chi connectivity index (χ0) is 16.9. The molecule has 1 heterocycles. The lowest BCUT2D eigenvalue weighted by molar-refractivity contribution is -0.172. The van der Waals surface area contributed by atoms with E-state index in [1.165, 1.54) is 26.0 Å². The summed E-state index contributed by atoms with van der Waals surface area (Å²) in [5, 5.41) is 39.8. The van der Waals surface area contributed by atoms with Gasteiger partial charge in [-0.25, -0.2) is 0 Å². The lowest BCUT2D eigenvalue weighted by atomic mass is 9.82. The fourth-order valence-corrected chi connectivity index (χ4v) is 2.49. The molecule has 0 aromatic rings. The molecule has 0 saturated heterocycles. The fourth-order valence-electron chi connectivity index (χ4n) is 2.49. The van der Waals surface area contributed by atoms with Crippen molar-refractivity contribution in [2.45, 2.75) is 77.0 Å². The Morgan fingerprint density at radius 2 is 1.95 bits per heavy atom. The van der Waals surface area contributed by atoms with Crippen LogP contribution >= 0.6 is 0 Å². The molecule has 6 nitrogen and oxygen atoms in total. The highest BCUT2D eigenvalue weighted by Gasteiger charge is 2.42. The molecule has 0 aromatic heterocycles. The van der Waals surface area contributed by atoms with Gasteiger partial charge >= 0.3 is 5.97 Å². The van der Waals surface area contributed by atoms with Crippen molar-refractivity contribution in [3.05, 3.63) is 12.2 Å². The molecule has 1 aliphatic rings. The van der Waals surface area contributed by atoms with Crippen LogP contribution in [0.2, 0.25) is 0 Å². The summed E-state index contributed by atoms with van der Waals surface area (Å²) in [7, 11) is 0. The molecule has 22 heavy (non-hydrogen) atoms. The van der Waals surface area contributed by atoms with Crippen molar-refractivity contribution in [3.63, 3.8) is 0 Å². The van der Waals surface area contributed by atoms with Crippen molar-refractivity contribution in [2.24, 2.45) is 5.41 Å². The molecule has 0 bridgehead atoms. The number of ether oxygens (including phenoxy) is 1. The number of cyclic esters (lactones) is 1. The Balaban J connectivity index is 2.94. The van der Waals surface area contributed by atoms with E-state index in [-0.39, 0.29) is 12.8 Å². The van der Waals surface area contributed by atoms with Crippen LogP contribution in [0, 0.1) is 5.41 Å². The van der Waals surface area contributed by atoms with Crippen LogP contribution in [0.5, 0.6) is 0 Å². The van der Waals surface area contributed by atoms with Crippen LogP contribution in [0.3, 0.4) is 0 Å². The second kappa shape index (κ2) is 8.06. The van der Waals surface area contributed by atoms with E-state index in [9.17, 15) is 25.2 Å². The van der Waals surface area contributed by atoms with E-state index in [2.05, 4.69) is 0 Å². The average Bonchev–Trinajstić information content (AvgIpc) is 2.42. The summed E-state index contributed by atoms with van der Waals surface area (Å²) in [5.41, 5.74) is -1.29. The van der Waals surface area contributed by atoms with Gasteiger partial charge < -0.3 is 25.2 Å². The van der Waals surface area contributed by atoms with Crippen LogP contribution in [-0.4, -0.2) is 56.9 Å². The predicted molar refractivity (Wildman–Crippen MR) is 81.0 cm³/mol. The summed E-state index contributed by atoms with van der Waals surface area (Å²) in [6.45, 7) is 4.93. The normalized spacial score (nSPS) is 35.5. The first-order chi connectivity index (χ1) is 10.2. The molecule has 128 valence electrons. The van der Waals surface area contributed by atoms with Crippen LogP contribution in [0.4, 0.5) is 0 Å². The molecule has 0 fully saturated rings. The van der Waals surface area contributed by atoms with Gasteiger partial charge in [0.1, 0.15) is 6.10 Å². The van der Waals surface area contributed by atoms with Gasteiger partial charge in [0.15, 0.2) is 0 Å². The van der Waals surface area contributed by atoms with Crippen LogP contribution in [0.15, 0.2) is 12.2 Å². The van der Waals surface area contributed by atoms with Crippen molar-refractivity contribution in [2.75, 3.05) is 0 Å². The van der Waals surface area contributed by atoms with Crippen molar-refractivity contribution in [1.29, 1.82) is 0 Å². The molecule has 0 unspecified atom stereocenters. The molecule has 0 radical (unpaired) electrons. The van der Waals surface area contributed by atoms with Gasteiger partial charge in [-0.3, -0.25) is 4.79 Å².